The second-order valence-electron chi connectivity index (χ2n) is 4.29. The SMILES string of the molecule is CC(C)(C)OC=CCc1ccccc1. The maximum Gasteiger partial charge on any atom is 0.0998 e. The van der Waals surface area contributed by atoms with Crippen LogP contribution in [0.4, 0.5) is 0 Å². The predicted molar refractivity (Wildman–Crippen MR) is 60.1 cm³/mol. The highest BCUT2D eigenvalue weighted by Crippen LogP contribution is 2.07. The van der Waals surface area contributed by atoms with Crippen LogP contribution in [-0.2, 0) is 11.2 Å². The Morgan fingerprint density at radius 3 is 2.36 bits per heavy atom. The summed E-state index contributed by atoms with van der Waals surface area (Å²) in [6.07, 6.45) is 4.75. The summed E-state index contributed by atoms with van der Waals surface area (Å²) >= 11 is 0. The van der Waals surface area contributed by atoms with Crippen molar-refractivity contribution in [1.29, 1.82) is 0 Å². The fourth-order valence-corrected chi connectivity index (χ4v) is 1.05. The molecular formula is C13H18O. The van der Waals surface area contributed by atoms with E-state index in [0.29, 0.717) is 0 Å². The molecule has 0 saturated heterocycles. The summed E-state index contributed by atoms with van der Waals surface area (Å²) in [7, 11) is 0. The van der Waals surface area contributed by atoms with Crippen LogP contribution in [0.5, 0.6) is 0 Å². The zero-order valence-electron chi connectivity index (χ0n) is 9.16. The van der Waals surface area contributed by atoms with Gasteiger partial charge in [0, 0.05) is 0 Å². The van der Waals surface area contributed by atoms with Gasteiger partial charge < -0.3 is 4.74 Å². The Hall–Kier alpha value is -1.24. The highest BCUT2D eigenvalue weighted by molar-refractivity contribution is 5.17. The van der Waals surface area contributed by atoms with E-state index in [2.05, 4.69) is 12.1 Å². The molecule has 0 fully saturated rings. The Kier molecular flexibility index (Phi) is 3.75. The lowest BCUT2D eigenvalue weighted by Crippen LogP contribution is -2.15. The lowest BCUT2D eigenvalue weighted by atomic mass is 10.1. The number of benzene rings is 1. The fraction of sp³-hybridized carbons (Fsp3) is 0.385. The van der Waals surface area contributed by atoms with E-state index in [9.17, 15) is 0 Å². The van der Waals surface area contributed by atoms with E-state index in [4.69, 9.17) is 4.74 Å². The summed E-state index contributed by atoms with van der Waals surface area (Å²) in [5.74, 6) is 0. The van der Waals surface area contributed by atoms with E-state index in [1.54, 1.807) is 6.26 Å². The van der Waals surface area contributed by atoms with Crippen LogP contribution in [0.3, 0.4) is 0 Å². The molecule has 0 atom stereocenters. The molecule has 14 heavy (non-hydrogen) atoms. The fourth-order valence-electron chi connectivity index (χ4n) is 1.05. The topological polar surface area (TPSA) is 9.23 Å². The second-order valence-corrected chi connectivity index (χ2v) is 4.29. The largest absolute Gasteiger partial charge is 0.496 e. The number of ether oxygens (including phenoxy) is 1. The van der Waals surface area contributed by atoms with Gasteiger partial charge in [0.15, 0.2) is 0 Å². The maximum atomic E-state index is 5.47. The Morgan fingerprint density at radius 2 is 1.79 bits per heavy atom. The minimum atomic E-state index is -0.0901. The van der Waals surface area contributed by atoms with E-state index in [1.165, 1.54) is 5.56 Å². The van der Waals surface area contributed by atoms with Gasteiger partial charge >= 0.3 is 0 Å². The summed E-state index contributed by atoms with van der Waals surface area (Å²) in [5.41, 5.74) is 1.22. The number of allylic oxidation sites excluding steroid dienone is 1. The third kappa shape index (κ3) is 4.70. The summed E-state index contributed by atoms with van der Waals surface area (Å²) < 4.78 is 5.47. The van der Waals surface area contributed by atoms with Crippen molar-refractivity contribution in [3.63, 3.8) is 0 Å². The normalized spacial score (nSPS) is 11.9. The van der Waals surface area contributed by atoms with E-state index in [-0.39, 0.29) is 5.60 Å². The molecule has 1 nitrogen and oxygen atoms in total. The molecule has 0 radical (unpaired) electrons. The van der Waals surface area contributed by atoms with Crippen LogP contribution in [0.1, 0.15) is 26.3 Å². The van der Waals surface area contributed by atoms with Gasteiger partial charge in [-0.25, -0.2) is 0 Å². The standard InChI is InChI=1S/C13H18O/c1-13(2,3)14-11-7-10-12-8-5-4-6-9-12/h4-9,11H,10H2,1-3H3. The molecule has 0 spiro atoms. The summed E-state index contributed by atoms with van der Waals surface area (Å²) in [4.78, 5) is 0. The van der Waals surface area contributed by atoms with Crippen molar-refractivity contribution in [2.45, 2.75) is 32.8 Å². The molecule has 1 aromatic rings. The Bertz CT molecular complexity index is 280. The first-order chi connectivity index (χ1) is 6.58. The average Bonchev–Trinajstić information content (AvgIpc) is 2.13. The molecule has 0 unspecified atom stereocenters. The molecule has 0 heterocycles. The van der Waals surface area contributed by atoms with Crippen LogP contribution in [0, 0.1) is 0 Å². The van der Waals surface area contributed by atoms with Crippen molar-refractivity contribution in [2.24, 2.45) is 0 Å². The zero-order valence-corrected chi connectivity index (χ0v) is 9.16. The molecule has 0 amide bonds. The highest BCUT2D eigenvalue weighted by atomic mass is 16.5. The first-order valence-corrected chi connectivity index (χ1v) is 4.95. The van der Waals surface area contributed by atoms with Gasteiger partial charge in [0.25, 0.3) is 0 Å². The molecule has 1 heteroatoms. The Labute approximate surface area is 86.4 Å². The van der Waals surface area contributed by atoms with Crippen LogP contribution in [0.25, 0.3) is 0 Å². The van der Waals surface area contributed by atoms with Crippen LogP contribution in [-0.4, -0.2) is 5.60 Å². The molecule has 76 valence electrons. The van der Waals surface area contributed by atoms with Gasteiger partial charge in [0.1, 0.15) is 0 Å². The van der Waals surface area contributed by atoms with Gasteiger partial charge in [0.2, 0.25) is 0 Å². The maximum absolute atomic E-state index is 5.47. The van der Waals surface area contributed by atoms with Crippen molar-refractivity contribution >= 4 is 0 Å². The van der Waals surface area contributed by atoms with Crippen molar-refractivity contribution in [3.05, 3.63) is 48.2 Å². The van der Waals surface area contributed by atoms with Gasteiger partial charge in [0.05, 0.1) is 11.9 Å². The van der Waals surface area contributed by atoms with Crippen LogP contribution in [0.15, 0.2) is 42.7 Å². The third-order valence-corrected chi connectivity index (χ3v) is 1.71. The number of hydrogen-bond donors (Lipinski definition) is 0. The van der Waals surface area contributed by atoms with E-state index >= 15 is 0 Å². The van der Waals surface area contributed by atoms with Gasteiger partial charge in [-0.05, 0) is 38.8 Å². The molecule has 1 aromatic carbocycles. The minimum Gasteiger partial charge on any atom is -0.496 e. The zero-order chi connectivity index (χ0) is 10.4. The quantitative estimate of drug-likeness (QED) is 0.662. The summed E-state index contributed by atoms with van der Waals surface area (Å²) in [6, 6.07) is 10.4. The van der Waals surface area contributed by atoms with Gasteiger partial charge in [-0.15, -0.1) is 0 Å². The number of hydrogen-bond acceptors (Lipinski definition) is 1. The summed E-state index contributed by atoms with van der Waals surface area (Å²) in [5, 5.41) is 0. The van der Waals surface area contributed by atoms with E-state index in [1.807, 2.05) is 45.0 Å². The highest BCUT2D eigenvalue weighted by Gasteiger charge is 2.06. The van der Waals surface area contributed by atoms with Crippen LogP contribution in [0.2, 0.25) is 0 Å². The molecule has 1 rings (SSSR count). The van der Waals surface area contributed by atoms with Gasteiger partial charge in [-0.1, -0.05) is 30.3 Å². The number of rotatable bonds is 3. The monoisotopic (exact) mass is 190 g/mol. The average molecular weight is 190 g/mol. The molecule has 0 aliphatic rings. The van der Waals surface area contributed by atoms with Crippen molar-refractivity contribution < 1.29 is 4.74 Å². The summed E-state index contributed by atoms with van der Waals surface area (Å²) in [6.45, 7) is 6.12. The van der Waals surface area contributed by atoms with Crippen molar-refractivity contribution in [2.75, 3.05) is 0 Å². The first kappa shape index (κ1) is 10.8. The molecule has 0 bridgehead atoms. The molecule has 0 saturated carbocycles. The molecule has 0 aliphatic carbocycles. The van der Waals surface area contributed by atoms with Gasteiger partial charge in [-0.2, -0.15) is 0 Å². The first-order valence-electron chi connectivity index (χ1n) is 4.95. The smallest absolute Gasteiger partial charge is 0.0998 e. The minimum absolute atomic E-state index is 0.0901. The predicted octanol–water partition coefficient (Wildman–Crippen LogP) is 3.56. The Morgan fingerprint density at radius 1 is 1.14 bits per heavy atom. The molecular weight excluding hydrogens is 172 g/mol. The van der Waals surface area contributed by atoms with Crippen molar-refractivity contribution in [1.82, 2.24) is 0 Å². The van der Waals surface area contributed by atoms with Crippen LogP contribution >= 0.6 is 0 Å². The van der Waals surface area contributed by atoms with Crippen molar-refractivity contribution in [3.8, 4) is 0 Å². The molecule has 0 N–H and O–H groups in total. The molecule has 0 aromatic heterocycles. The lowest BCUT2D eigenvalue weighted by Gasteiger charge is -2.17. The van der Waals surface area contributed by atoms with E-state index < -0.39 is 0 Å². The molecule has 0 aliphatic heterocycles. The van der Waals surface area contributed by atoms with Gasteiger partial charge in [-0.3, -0.25) is 0 Å². The van der Waals surface area contributed by atoms with E-state index in [0.717, 1.165) is 6.42 Å². The lowest BCUT2D eigenvalue weighted by molar-refractivity contribution is 0.0763. The second kappa shape index (κ2) is 4.85. The van der Waals surface area contributed by atoms with Crippen LogP contribution < -0.4 is 0 Å². The third-order valence-electron chi connectivity index (χ3n) is 1.71. The Balaban J connectivity index is 2.35.